The second-order valence-corrected chi connectivity index (χ2v) is 2.82. The molecule has 0 saturated carbocycles. The maximum absolute atomic E-state index is 4.74. The third-order valence-corrected chi connectivity index (χ3v) is 2.26. The average Bonchev–Trinajstić information content (AvgIpc) is 1.86. The van der Waals surface area contributed by atoms with Crippen LogP contribution in [0.4, 0.5) is 0 Å². The van der Waals surface area contributed by atoms with E-state index in [-0.39, 0.29) is 0 Å². The molecule has 0 bridgehead atoms. The van der Waals surface area contributed by atoms with Crippen molar-refractivity contribution < 1.29 is 0 Å². The molecule has 0 aromatic carbocycles. The van der Waals surface area contributed by atoms with E-state index >= 15 is 0 Å². The van der Waals surface area contributed by atoms with Gasteiger partial charge in [-0.15, -0.1) is 0 Å². The number of H-pyrrole nitrogens is 1. The molecular weight excluding hydrogens is 161 g/mol. The molecule has 0 aliphatic carbocycles. The van der Waals surface area contributed by atoms with Crippen molar-refractivity contribution in [2.45, 2.75) is 0 Å². The summed E-state index contributed by atoms with van der Waals surface area (Å²) in [4.78, 5) is 2.06. The summed E-state index contributed by atoms with van der Waals surface area (Å²) in [6.45, 7) is 0. The van der Waals surface area contributed by atoms with Gasteiger partial charge in [-0.05, 0) is 0 Å². The molecule has 0 aliphatic rings. The molecule has 0 fully saturated rings. The molecule has 3 heteroatoms. The Morgan fingerprint density at radius 1 is 1.83 bits per heavy atom. The Bertz CT molecular complexity index is 149. The molecule has 32 valence electrons. The van der Waals surface area contributed by atoms with Crippen LogP contribution in [0.3, 0.4) is 0 Å². The van der Waals surface area contributed by atoms with Crippen molar-refractivity contribution in [1.29, 1.82) is 0 Å². The van der Waals surface area contributed by atoms with E-state index in [2.05, 4.69) is 8.92 Å². The number of hydrogen-bond donors (Lipinski definition) is 1. The van der Waals surface area contributed by atoms with Gasteiger partial charge < -0.3 is 0 Å². The zero-order valence-corrected chi connectivity index (χ0v) is 5.50. The number of rotatable bonds is 0. The van der Waals surface area contributed by atoms with Gasteiger partial charge in [0.1, 0.15) is 0 Å². The molecule has 6 heavy (non-hydrogen) atoms. The Morgan fingerprint density at radius 3 is 2.83 bits per heavy atom. The molecule has 1 heterocycles. The summed E-state index contributed by atoms with van der Waals surface area (Å²) >= 11 is 5.21. The molecule has 0 unspecified atom stereocenters. The van der Waals surface area contributed by atoms with E-state index in [0.717, 1.165) is 4.64 Å². The Balaban J connectivity index is 3.41. The zero-order valence-electron chi connectivity index (χ0n) is 2.97. The van der Waals surface area contributed by atoms with E-state index in [4.69, 9.17) is 12.2 Å². The molecule has 1 nitrogen and oxygen atoms in total. The van der Waals surface area contributed by atoms with E-state index in [1.807, 2.05) is 6.07 Å². The quantitative estimate of drug-likeness (QED) is 0.443. The molecule has 0 amide bonds. The Hall–Kier alpha value is 0.149. The van der Waals surface area contributed by atoms with Crippen molar-refractivity contribution in [2.24, 2.45) is 0 Å². The van der Waals surface area contributed by atoms with Gasteiger partial charge in [0.15, 0.2) is 0 Å². The fourth-order valence-corrected chi connectivity index (χ4v) is 1.69. The van der Waals surface area contributed by atoms with Gasteiger partial charge in [0, 0.05) is 0 Å². The topological polar surface area (TPSA) is 15.8 Å². The van der Waals surface area contributed by atoms with Gasteiger partial charge in [0.2, 0.25) is 0 Å². The molecule has 0 atom stereocenters. The van der Waals surface area contributed by atoms with Gasteiger partial charge in [-0.1, -0.05) is 0 Å². The van der Waals surface area contributed by atoms with Crippen molar-refractivity contribution in [3.63, 3.8) is 0 Å². The van der Waals surface area contributed by atoms with E-state index in [0.29, 0.717) is 14.7 Å². The maximum atomic E-state index is 4.74. The van der Waals surface area contributed by atoms with E-state index in [9.17, 15) is 0 Å². The molecule has 0 spiro atoms. The van der Waals surface area contributed by atoms with Crippen molar-refractivity contribution in [3.05, 3.63) is 15.6 Å². The van der Waals surface area contributed by atoms with Gasteiger partial charge in [0.05, 0.1) is 0 Å². The van der Waals surface area contributed by atoms with Gasteiger partial charge in [0.25, 0.3) is 0 Å². The predicted molar refractivity (Wildman–Crippen MR) is 28.6 cm³/mol. The first-order valence-corrected chi connectivity index (χ1v) is 3.77. The number of hydrogen-bond acceptors (Lipinski definition) is 1. The van der Waals surface area contributed by atoms with Crippen molar-refractivity contribution in [3.8, 4) is 0 Å². The van der Waals surface area contributed by atoms with Crippen molar-refractivity contribution in [1.82, 2.24) is 3.98 Å². The van der Waals surface area contributed by atoms with Crippen LogP contribution in [0.15, 0.2) is 11.0 Å². The van der Waals surface area contributed by atoms with E-state index < -0.39 is 0 Å². The van der Waals surface area contributed by atoms with Crippen LogP contribution in [0.2, 0.25) is 0 Å². The van der Waals surface area contributed by atoms with Crippen molar-refractivity contribution in [2.75, 3.05) is 0 Å². The summed E-state index contributed by atoms with van der Waals surface area (Å²) in [5.74, 6) is 0. The molecule has 1 aromatic heterocycles. The zero-order chi connectivity index (χ0) is 4.41. The molecule has 1 N–H and O–H groups in total. The van der Waals surface area contributed by atoms with Gasteiger partial charge in [-0.3, -0.25) is 0 Å². The summed E-state index contributed by atoms with van der Waals surface area (Å²) < 4.78 is 3.89. The summed E-state index contributed by atoms with van der Waals surface area (Å²) in [6, 6.07) is 1.93. The minimum absolute atomic E-state index is 0.469. The van der Waals surface area contributed by atoms with Crippen LogP contribution in [-0.4, -0.2) is 18.7 Å². The third-order valence-electron chi connectivity index (χ3n) is 0.447. The standard InChI is InChI=1S/C3H3NSSe/c5-3-1-2-6-4-3/h1-2H,(H,4,5). The average molecular weight is 164 g/mol. The van der Waals surface area contributed by atoms with Crippen LogP contribution >= 0.6 is 12.2 Å². The van der Waals surface area contributed by atoms with Crippen LogP contribution in [0.25, 0.3) is 0 Å². The number of aromatic nitrogens is 1. The molecule has 0 aliphatic heterocycles. The van der Waals surface area contributed by atoms with Gasteiger partial charge >= 0.3 is 46.6 Å². The van der Waals surface area contributed by atoms with Crippen LogP contribution in [0.1, 0.15) is 0 Å². The fraction of sp³-hybridized carbons (Fsp3) is 0. The van der Waals surface area contributed by atoms with E-state index in [1.54, 1.807) is 0 Å². The first kappa shape index (κ1) is 4.31. The van der Waals surface area contributed by atoms with Crippen LogP contribution in [0.5, 0.6) is 0 Å². The normalized spacial score (nSPS) is 8.67. The molecule has 1 rings (SSSR count). The fourth-order valence-electron chi connectivity index (χ4n) is 0.222. The molecule has 0 saturated heterocycles. The van der Waals surface area contributed by atoms with Gasteiger partial charge in [-0.25, -0.2) is 0 Å². The SMILES string of the molecule is S=c1cc[se][nH]1. The number of aromatic amines is 1. The van der Waals surface area contributed by atoms with E-state index in [1.165, 1.54) is 0 Å². The summed E-state index contributed by atoms with van der Waals surface area (Å²) in [5.41, 5.74) is 0. The van der Waals surface area contributed by atoms with Crippen molar-refractivity contribution >= 4 is 27.0 Å². The third kappa shape index (κ3) is 0.805. The first-order valence-electron chi connectivity index (χ1n) is 1.52. The predicted octanol–water partition coefficient (Wildman–Crippen LogP) is 0.801. The van der Waals surface area contributed by atoms with Crippen LogP contribution < -0.4 is 0 Å². The monoisotopic (exact) mass is 165 g/mol. The Morgan fingerprint density at radius 2 is 2.67 bits per heavy atom. The second kappa shape index (κ2) is 1.73. The molecule has 1 aromatic rings. The van der Waals surface area contributed by atoms with Gasteiger partial charge in [-0.2, -0.15) is 0 Å². The summed E-state index contributed by atoms with van der Waals surface area (Å²) in [6.07, 6.45) is 0. The van der Waals surface area contributed by atoms with Crippen LogP contribution in [-0.2, 0) is 0 Å². The number of nitrogens with one attached hydrogen (secondary N) is 1. The van der Waals surface area contributed by atoms with Crippen LogP contribution in [0, 0.1) is 4.64 Å². The summed E-state index contributed by atoms with van der Waals surface area (Å²) in [7, 11) is 0. The molecule has 0 radical (unpaired) electrons. The Labute approximate surface area is 47.0 Å². The minimum atomic E-state index is 0.469. The molecular formula is C3H3NSSe. The summed E-state index contributed by atoms with van der Waals surface area (Å²) in [5, 5.41) is 0. The second-order valence-electron chi connectivity index (χ2n) is 0.887. The Kier molecular flexibility index (Phi) is 1.25. The first-order chi connectivity index (χ1) is 2.89.